The standard InChI is InChI=1S/C48H92GeSi6/c1-33(2)38-27-40(34(3)4)44(41(28-38)35(5)6)49(31-36(7)37(8)32-49)45-42(47(52(15,16)17)53(18,19)20)29-39(46(50(9,10)11)51(12,13)14)30-43(45)48(54(21,22)23)55(24,25)26/h27-30,33-35,46-48H,31-32H2,1-26H3. The summed E-state index contributed by atoms with van der Waals surface area (Å²) in [5.74, 6) is 1.56. The van der Waals surface area contributed by atoms with E-state index in [2.05, 4.69) is 198 Å². The third-order valence-corrected chi connectivity index (χ3v) is 52.4. The van der Waals surface area contributed by atoms with Gasteiger partial charge in [0.15, 0.2) is 0 Å². The first-order chi connectivity index (χ1) is 24.4. The molecule has 1 aliphatic heterocycles. The molecule has 312 valence electrons. The molecule has 0 amide bonds. The molecular weight excluding hydrogens is 818 g/mol. The normalized spacial score (nSPS) is 16.7. The van der Waals surface area contributed by atoms with Gasteiger partial charge in [0, 0.05) is 0 Å². The SMILES string of the molecule is CC1=C(C)[CH2][Ge]([c]2c(C(C)C)cc(C(C)C)cc2C(C)C)([c]2c(C([Si](C)(C)C)[Si](C)(C)C)cc(C([Si](C)(C)C)[Si](C)(C)C)cc2C([Si](C)(C)C)[Si](C)(C)C)[CH2]1. The van der Waals surface area contributed by atoms with Crippen LogP contribution in [0, 0.1) is 0 Å². The van der Waals surface area contributed by atoms with Crippen molar-refractivity contribution in [2.75, 3.05) is 0 Å². The number of rotatable bonds is 14. The molecule has 0 saturated carbocycles. The van der Waals surface area contributed by atoms with Crippen molar-refractivity contribution in [3.05, 3.63) is 68.8 Å². The number of allylic oxidation sites excluding steroid dienone is 2. The zero-order valence-electron chi connectivity index (χ0n) is 41.7. The van der Waals surface area contributed by atoms with Crippen LogP contribution in [0.15, 0.2) is 35.4 Å². The van der Waals surface area contributed by atoms with Crippen molar-refractivity contribution in [2.24, 2.45) is 0 Å². The van der Waals surface area contributed by atoms with Gasteiger partial charge < -0.3 is 0 Å². The minimum absolute atomic E-state index is 0.513. The molecule has 0 nitrogen and oxygen atoms in total. The Labute approximate surface area is 353 Å². The first kappa shape index (κ1) is 49.4. The van der Waals surface area contributed by atoms with Crippen molar-refractivity contribution in [1.82, 2.24) is 0 Å². The van der Waals surface area contributed by atoms with Crippen molar-refractivity contribution in [2.45, 2.75) is 217 Å². The van der Waals surface area contributed by atoms with Crippen LogP contribution in [0.25, 0.3) is 0 Å². The average molecular weight is 910 g/mol. The van der Waals surface area contributed by atoms with Gasteiger partial charge in [0.05, 0.1) is 0 Å². The van der Waals surface area contributed by atoms with E-state index in [1.807, 2.05) is 19.9 Å². The molecule has 0 saturated heterocycles. The van der Waals surface area contributed by atoms with Crippen molar-refractivity contribution in [3.8, 4) is 0 Å². The van der Waals surface area contributed by atoms with E-state index in [1.54, 1.807) is 33.4 Å². The Morgan fingerprint density at radius 1 is 0.364 bits per heavy atom. The third kappa shape index (κ3) is 10.5. The fourth-order valence-electron chi connectivity index (χ4n) is 12.9. The molecule has 0 unspecified atom stereocenters. The van der Waals surface area contributed by atoms with Crippen LogP contribution >= 0.6 is 0 Å². The molecule has 0 atom stereocenters. The second-order valence-electron chi connectivity index (χ2n) is 26.1. The first-order valence-corrected chi connectivity index (χ1v) is 48.9. The van der Waals surface area contributed by atoms with E-state index < -0.39 is 61.7 Å². The average Bonchev–Trinajstić information content (AvgIpc) is 3.21. The van der Waals surface area contributed by atoms with Crippen LogP contribution in [0.4, 0.5) is 0 Å². The van der Waals surface area contributed by atoms with E-state index in [1.165, 1.54) is 10.5 Å². The predicted molar refractivity (Wildman–Crippen MR) is 276 cm³/mol. The Hall–Kier alpha value is 0.0242. The van der Waals surface area contributed by atoms with Crippen LogP contribution in [0.3, 0.4) is 0 Å². The summed E-state index contributed by atoms with van der Waals surface area (Å²) in [6, 6.07) is 11.5. The molecule has 55 heavy (non-hydrogen) atoms. The van der Waals surface area contributed by atoms with Gasteiger partial charge in [0.1, 0.15) is 0 Å². The zero-order chi connectivity index (χ0) is 43.0. The predicted octanol–water partition coefficient (Wildman–Crippen LogP) is 15.5. The van der Waals surface area contributed by atoms with Crippen LogP contribution in [-0.2, 0) is 0 Å². The Kier molecular flexibility index (Phi) is 14.8. The van der Waals surface area contributed by atoms with Crippen molar-refractivity contribution in [1.29, 1.82) is 0 Å². The van der Waals surface area contributed by atoms with Gasteiger partial charge in [0.2, 0.25) is 0 Å². The monoisotopic (exact) mass is 911 g/mol. The van der Waals surface area contributed by atoms with Crippen molar-refractivity contribution in [3.63, 3.8) is 0 Å². The van der Waals surface area contributed by atoms with Gasteiger partial charge in [0.25, 0.3) is 0 Å². The number of hydrogen-bond donors (Lipinski definition) is 0. The van der Waals surface area contributed by atoms with Gasteiger partial charge in [-0.2, -0.15) is 0 Å². The molecule has 0 fully saturated rings. The van der Waals surface area contributed by atoms with E-state index in [0.717, 1.165) is 15.5 Å². The summed E-state index contributed by atoms with van der Waals surface area (Å²) in [6.45, 7) is 69.4. The molecule has 0 bridgehead atoms. The van der Waals surface area contributed by atoms with Crippen molar-refractivity contribution < 1.29 is 0 Å². The summed E-state index contributed by atoms with van der Waals surface area (Å²) >= 11 is -3.25. The molecule has 0 aromatic heterocycles. The maximum absolute atomic E-state index is 3.25. The summed E-state index contributed by atoms with van der Waals surface area (Å²) in [7, 11) is -9.87. The summed E-state index contributed by atoms with van der Waals surface area (Å²) in [6.07, 6.45) is 0. The number of hydrogen-bond acceptors (Lipinski definition) is 0. The Morgan fingerprint density at radius 3 is 0.855 bits per heavy atom. The van der Waals surface area contributed by atoms with Crippen molar-refractivity contribution >= 4 is 70.5 Å². The third-order valence-electron chi connectivity index (χ3n) is 13.3. The fraction of sp³-hybridized carbons (Fsp3) is 0.708. The zero-order valence-corrected chi connectivity index (χ0v) is 49.8. The van der Waals surface area contributed by atoms with E-state index in [0.29, 0.717) is 17.8 Å². The molecule has 1 aliphatic rings. The van der Waals surface area contributed by atoms with Gasteiger partial charge in [-0.25, -0.2) is 0 Å². The van der Waals surface area contributed by atoms with Gasteiger partial charge >= 0.3 is 356 Å². The van der Waals surface area contributed by atoms with E-state index in [9.17, 15) is 0 Å². The van der Waals surface area contributed by atoms with E-state index in [-0.39, 0.29) is 0 Å². The van der Waals surface area contributed by atoms with Crippen LogP contribution < -0.4 is 8.79 Å². The van der Waals surface area contributed by atoms with Gasteiger partial charge in [-0.1, -0.05) is 0 Å². The van der Waals surface area contributed by atoms with E-state index >= 15 is 0 Å². The molecule has 7 heteroatoms. The van der Waals surface area contributed by atoms with Gasteiger partial charge in [-0.3, -0.25) is 0 Å². The maximum atomic E-state index is 3.02. The Balaban J connectivity index is 3.02. The van der Waals surface area contributed by atoms with Crippen LogP contribution in [0.5, 0.6) is 0 Å². The van der Waals surface area contributed by atoms with Crippen LogP contribution in [-0.4, -0.2) is 61.7 Å². The first-order valence-electron chi connectivity index (χ1n) is 22.4. The van der Waals surface area contributed by atoms with Crippen LogP contribution in [0.1, 0.15) is 122 Å². The molecule has 2 aromatic carbocycles. The molecule has 3 rings (SSSR count). The van der Waals surface area contributed by atoms with E-state index in [4.69, 9.17) is 0 Å². The summed E-state index contributed by atoms with van der Waals surface area (Å²) in [5.41, 5.74) is 14.1. The summed E-state index contributed by atoms with van der Waals surface area (Å²) < 4.78 is 3.96. The van der Waals surface area contributed by atoms with Crippen LogP contribution in [0.2, 0.25) is 128 Å². The topological polar surface area (TPSA) is 0 Å². The Morgan fingerprint density at radius 2 is 0.618 bits per heavy atom. The molecule has 0 radical (unpaired) electrons. The number of benzene rings is 2. The summed E-state index contributed by atoms with van der Waals surface area (Å²) in [5, 5.41) is 4.91. The van der Waals surface area contributed by atoms with Gasteiger partial charge in [-0.15, -0.1) is 0 Å². The molecule has 1 heterocycles. The second kappa shape index (κ2) is 16.5. The molecule has 0 N–H and O–H groups in total. The molecule has 2 aromatic rings. The molecule has 0 spiro atoms. The quantitative estimate of drug-likeness (QED) is 0.131. The fourth-order valence-corrected chi connectivity index (χ4v) is 66.7. The summed E-state index contributed by atoms with van der Waals surface area (Å²) in [4.78, 5) is 0. The van der Waals surface area contributed by atoms with Gasteiger partial charge in [-0.05, 0) is 0 Å². The second-order valence-corrected chi connectivity index (χ2v) is 67.8. The Bertz CT molecular complexity index is 1580. The molecule has 0 aliphatic carbocycles. The minimum atomic E-state index is -3.25. The molecular formula is C48H92GeSi6.